The number of fused-ring (bicyclic) bond motifs is 3. The van der Waals surface area contributed by atoms with Crippen molar-refractivity contribution in [2.24, 2.45) is 5.73 Å². The molecule has 3 amide bonds. The van der Waals surface area contributed by atoms with Crippen molar-refractivity contribution in [2.45, 2.75) is 73.5 Å². The van der Waals surface area contributed by atoms with Crippen LogP contribution in [0, 0.1) is 0 Å². The zero-order valence-electron chi connectivity index (χ0n) is 46.7. The summed E-state index contributed by atoms with van der Waals surface area (Å²) in [6.45, 7) is 28.2. The Labute approximate surface area is 466 Å². The molecule has 1 aliphatic rings. The average molecular weight is 1120 g/mol. The lowest BCUT2D eigenvalue weighted by atomic mass is 9.95. The van der Waals surface area contributed by atoms with Gasteiger partial charge in [0.15, 0.2) is 5.69 Å². The second-order valence-electron chi connectivity index (χ2n) is 17.7. The van der Waals surface area contributed by atoms with Gasteiger partial charge in [0, 0.05) is 70.6 Å². The van der Waals surface area contributed by atoms with Gasteiger partial charge in [-0.1, -0.05) is 76.2 Å². The quantitative estimate of drug-likeness (QED) is 0.0211. The molecule has 3 aromatic carbocycles. The van der Waals surface area contributed by atoms with Crippen molar-refractivity contribution in [1.82, 2.24) is 25.3 Å². The third-order valence-corrected chi connectivity index (χ3v) is 11.2. The monoisotopic (exact) mass is 1120 g/mol. The van der Waals surface area contributed by atoms with Crippen molar-refractivity contribution >= 4 is 40.8 Å². The maximum Gasteiger partial charge on any atom is 0.319 e. The number of aliphatic hydroxyl groups excluding tert-OH is 2. The van der Waals surface area contributed by atoms with Crippen LogP contribution in [0.3, 0.4) is 0 Å². The summed E-state index contributed by atoms with van der Waals surface area (Å²) in [6.07, 6.45) is 1.76. The molecule has 19 nitrogen and oxygen atoms in total. The summed E-state index contributed by atoms with van der Waals surface area (Å²) in [5, 5.41) is 31.1. The SMILES string of the molecule is C=C(O)CC.C=C(O)CNCCC.CC.COc1cc2c(cc1-c1cccc(NC(=O)NCCOCCOCCOCCOCCOCCOCCN)c1)-c1c(c(C(=O)N(C)C(C)(C)C)nn1-c1cc(Cl)cc(Cl)c1)CO2. The molecule has 21 heteroatoms. The van der Waals surface area contributed by atoms with Gasteiger partial charge < -0.3 is 74.7 Å². The van der Waals surface area contributed by atoms with Crippen LogP contribution in [0.5, 0.6) is 11.5 Å². The van der Waals surface area contributed by atoms with Crippen LogP contribution in [0.2, 0.25) is 10.0 Å². The summed E-state index contributed by atoms with van der Waals surface area (Å²) in [5.74, 6) is 1.30. The summed E-state index contributed by atoms with van der Waals surface area (Å²) in [7, 11) is 3.33. The van der Waals surface area contributed by atoms with Gasteiger partial charge in [0.05, 0.1) is 116 Å². The molecule has 0 aliphatic carbocycles. The van der Waals surface area contributed by atoms with Crippen LogP contribution < -0.4 is 31.2 Å². The number of nitrogens with two attached hydrogens (primary N) is 1. The van der Waals surface area contributed by atoms with Crippen LogP contribution in [-0.2, 0) is 35.0 Å². The Morgan fingerprint density at radius 2 is 1.34 bits per heavy atom. The second kappa shape index (κ2) is 38.2. The first kappa shape index (κ1) is 67.7. The number of allylic oxidation sites excluding steroid dienone is 1. The van der Waals surface area contributed by atoms with E-state index in [0.29, 0.717) is 155 Å². The zero-order valence-corrected chi connectivity index (χ0v) is 48.2. The molecule has 1 aliphatic heterocycles. The van der Waals surface area contributed by atoms with E-state index in [0.717, 1.165) is 24.1 Å². The topological polar surface area (TPSA) is 232 Å². The number of rotatable bonds is 30. The van der Waals surface area contributed by atoms with E-state index in [9.17, 15) is 9.59 Å². The first-order valence-corrected chi connectivity index (χ1v) is 26.7. The van der Waals surface area contributed by atoms with Crippen molar-refractivity contribution in [1.29, 1.82) is 0 Å². The van der Waals surface area contributed by atoms with Gasteiger partial charge in [0.2, 0.25) is 0 Å². The number of carbonyl (C=O) groups excluding carboxylic acids is 2. The van der Waals surface area contributed by atoms with Crippen LogP contribution >= 0.6 is 23.2 Å². The molecule has 4 aromatic rings. The van der Waals surface area contributed by atoms with Gasteiger partial charge in [-0.25, -0.2) is 9.48 Å². The van der Waals surface area contributed by atoms with Crippen LogP contribution in [0.15, 0.2) is 79.3 Å². The Hall–Kier alpha value is -5.45. The number of amides is 3. The van der Waals surface area contributed by atoms with Crippen LogP contribution in [0.4, 0.5) is 10.5 Å². The summed E-state index contributed by atoms with van der Waals surface area (Å²) >= 11 is 12.9. The molecule has 0 spiro atoms. The third kappa shape index (κ3) is 25.3. The fourth-order valence-corrected chi connectivity index (χ4v) is 7.14. The van der Waals surface area contributed by atoms with Crippen LogP contribution in [0.25, 0.3) is 28.1 Å². The molecule has 0 atom stereocenters. The molecule has 7 N–H and O–H groups in total. The minimum absolute atomic E-state index is 0.101. The summed E-state index contributed by atoms with van der Waals surface area (Å²) in [6, 6.07) is 15.9. The maximum atomic E-state index is 14.0. The first-order valence-electron chi connectivity index (χ1n) is 25.9. The number of hydrogen-bond acceptors (Lipinski definition) is 15. The van der Waals surface area contributed by atoms with Gasteiger partial charge in [0.25, 0.3) is 5.91 Å². The van der Waals surface area contributed by atoms with E-state index in [2.05, 4.69) is 36.0 Å². The molecule has 5 rings (SSSR count). The second-order valence-corrected chi connectivity index (χ2v) is 18.5. The Balaban J connectivity index is 0.00000119. The lowest BCUT2D eigenvalue weighted by molar-refractivity contribution is -0.0161. The predicted octanol–water partition coefficient (Wildman–Crippen LogP) is 10.0. The zero-order chi connectivity index (χ0) is 57.2. The van der Waals surface area contributed by atoms with Crippen molar-refractivity contribution in [3.63, 3.8) is 0 Å². The number of ether oxygens (including phenoxy) is 8. The minimum atomic E-state index is -0.465. The van der Waals surface area contributed by atoms with Crippen molar-refractivity contribution in [3.8, 4) is 39.6 Å². The number of nitrogens with zero attached hydrogens (tertiary/aromatic N) is 3. The minimum Gasteiger partial charge on any atom is -0.513 e. The van der Waals surface area contributed by atoms with Gasteiger partial charge in [-0.15, -0.1) is 0 Å². The van der Waals surface area contributed by atoms with E-state index in [1.54, 1.807) is 48.0 Å². The Bertz CT molecular complexity index is 2360. The molecule has 0 bridgehead atoms. The van der Waals surface area contributed by atoms with E-state index in [-0.39, 0.29) is 35.8 Å². The molecular weight excluding hydrogens is 1030 g/mol. The number of benzene rings is 3. The van der Waals surface area contributed by atoms with Crippen LogP contribution in [-0.4, -0.2) is 162 Å². The van der Waals surface area contributed by atoms with E-state index in [1.165, 1.54) is 0 Å². The van der Waals surface area contributed by atoms with Gasteiger partial charge in [0.1, 0.15) is 18.1 Å². The molecule has 0 saturated heterocycles. The number of aromatic nitrogens is 2. The molecule has 0 radical (unpaired) electrons. The number of halogens is 2. The highest BCUT2D eigenvalue weighted by molar-refractivity contribution is 6.34. The van der Waals surface area contributed by atoms with Crippen molar-refractivity contribution in [3.05, 3.63) is 101 Å². The molecule has 0 unspecified atom stereocenters. The number of nitrogens with one attached hydrogen (secondary N) is 3. The van der Waals surface area contributed by atoms with E-state index in [4.69, 9.17) is 82.1 Å². The molecule has 77 heavy (non-hydrogen) atoms. The molecular formula is C56H85Cl2N7O12. The van der Waals surface area contributed by atoms with E-state index < -0.39 is 5.54 Å². The summed E-state index contributed by atoms with van der Waals surface area (Å²) in [5.41, 5.74) is 9.74. The molecule has 2 heterocycles. The lowest BCUT2D eigenvalue weighted by Gasteiger charge is -2.31. The van der Waals surface area contributed by atoms with Crippen LogP contribution in [0.1, 0.15) is 77.4 Å². The maximum absolute atomic E-state index is 14.0. The lowest BCUT2D eigenvalue weighted by Crippen LogP contribution is -2.43. The van der Waals surface area contributed by atoms with E-state index >= 15 is 0 Å². The molecule has 0 fully saturated rings. The van der Waals surface area contributed by atoms with Crippen molar-refractivity contribution in [2.75, 3.05) is 125 Å². The number of anilines is 1. The van der Waals surface area contributed by atoms with Crippen molar-refractivity contribution < 1.29 is 57.7 Å². The third-order valence-electron chi connectivity index (χ3n) is 10.8. The average Bonchev–Trinajstić information content (AvgIpc) is 3.81. The Morgan fingerprint density at radius 1 is 0.792 bits per heavy atom. The predicted molar refractivity (Wildman–Crippen MR) is 307 cm³/mol. The molecule has 1 aromatic heterocycles. The number of hydrogen-bond donors (Lipinski definition) is 6. The largest absolute Gasteiger partial charge is 0.513 e. The summed E-state index contributed by atoms with van der Waals surface area (Å²) in [4.78, 5) is 28.5. The number of carbonyl (C=O) groups is 2. The van der Waals surface area contributed by atoms with Gasteiger partial charge in [-0.05, 0) is 75.7 Å². The highest BCUT2D eigenvalue weighted by Crippen LogP contribution is 2.46. The van der Waals surface area contributed by atoms with E-state index in [1.807, 2.05) is 71.9 Å². The standard InChI is InChI=1S/C44H58Cl2N6O10.C6H13NO.C4H8O.C2H6/c1-44(2,3)51(4)42(53)40-37-29-62-39-28-38(55-5)35(27-36(39)41(37)52(50-40)34-25-31(45)24-32(46)26-34)30-7-6-8-33(23-30)49-43(54)48-10-12-57-14-16-59-18-20-61-22-21-60-19-17-58-15-13-56-11-9-47;1-3-4-7-5-6(2)8;1-3-4(2)5;1-2/h6-8,23-28H,9-22,29,47H2,1-5H3,(H2,48,49,54);7-8H,2-5H2,1H3;5H,2-3H2,1H3;1-2H3. The highest BCUT2D eigenvalue weighted by Gasteiger charge is 2.35. The number of urea groups is 1. The fraction of sp³-hybridized carbons (Fsp3) is 0.518. The highest BCUT2D eigenvalue weighted by atomic mass is 35.5. The Kier molecular flexibility index (Phi) is 33.5. The van der Waals surface area contributed by atoms with Gasteiger partial charge >= 0.3 is 6.03 Å². The number of aliphatic hydroxyl groups is 2. The van der Waals surface area contributed by atoms with Gasteiger partial charge in [-0.2, -0.15) is 5.10 Å². The number of methoxy groups -OCH3 is 1. The first-order chi connectivity index (χ1) is 36.9. The molecule has 430 valence electrons. The normalized spacial score (nSPS) is 11.2. The fourth-order valence-electron chi connectivity index (χ4n) is 6.63. The smallest absolute Gasteiger partial charge is 0.319 e. The molecule has 0 saturated carbocycles. The Morgan fingerprint density at radius 3 is 1.83 bits per heavy atom. The summed E-state index contributed by atoms with van der Waals surface area (Å²) < 4.78 is 46.5. The van der Waals surface area contributed by atoms with Gasteiger partial charge in [-0.3, -0.25) is 4.79 Å².